The Bertz CT molecular complexity index is 843. The molecule has 0 aliphatic carbocycles. The first-order chi connectivity index (χ1) is 11.1. The molecule has 132 valence electrons. The Kier molecular flexibility index (Phi) is 7.14. The number of hydrogen-bond acceptors (Lipinski definition) is 8. The standard InChI is InChI=1S/C8H10AsNO5.C2H2ClN3O2S/c1-6(11)10-8-4-2-3-7(5-8)9(12,13)15-14;3-9(7,8)2-4-1-5-6-2/h2-5,14H,1H3,(H,10,11)(H,12,13);1H,(H,4,5,6). The van der Waals surface area contributed by atoms with Gasteiger partial charge < -0.3 is 0 Å². The smallest absolute Gasteiger partial charge is 0.265 e. The molecule has 0 aliphatic heterocycles. The van der Waals surface area contributed by atoms with Crippen LogP contribution < -0.4 is 9.67 Å². The quantitative estimate of drug-likeness (QED) is 0.209. The summed E-state index contributed by atoms with van der Waals surface area (Å²) in [4.78, 5) is 14.0. The molecule has 0 saturated carbocycles. The van der Waals surface area contributed by atoms with Gasteiger partial charge in [-0.15, -0.1) is 5.10 Å². The van der Waals surface area contributed by atoms with Crippen molar-refractivity contribution in [1.82, 2.24) is 15.2 Å². The van der Waals surface area contributed by atoms with Gasteiger partial charge in [0.25, 0.3) is 14.2 Å². The molecule has 1 amide bonds. The van der Waals surface area contributed by atoms with Crippen LogP contribution in [0.4, 0.5) is 5.69 Å². The van der Waals surface area contributed by atoms with Gasteiger partial charge >= 0.3 is 88.4 Å². The van der Waals surface area contributed by atoms with E-state index in [9.17, 15) is 21.0 Å². The zero-order chi connectivity index (χ0) is 18.4. The maximum Gasteiger partial charge on any atom is 0.298 e. The van der Waals surface area contributed by atoms with E-state index in [0.717, 1.165) is 6.33 Å². The van der Waals surface area contributed by atoms with E-state index in [1.54, 1.807) is 6.07 Å². The van der Waals surface area contributed by atoms with E-state index < -0.39 is 28.4 Å². The molecule has 14 heteroatoms. The summed E-state index contributed by atoms with van der Waals surface area (Å²) in [6.07, 6.45) is 1.13. The predicted molar refractivity (Wildman–Crippen MR) is 82.2 cm³/mol. The fourth-order valence-corrected chi connectivity index (χ4v) is 3.30. The number of aromatic amines is 1. The van der Waals surface area contributed by atoms with Crippen LogP contribution >= 0.6 is 10.7 Å². The summed E-state index contributed by atoms with van der Waals surface area (Å²) in [7, 11) is 1.09. The SMILES string of the molecule is CC(=O)Nc1cccc([As](=O)(O)OO)c1.O=S(=O)(Cl)c1nc[nH]n1. The number of carbonyl (C=O) groups is 1. The average molecular weight is 443 g/mol. The van der Waals surface area contributed by atoms with Crippen LogP contribution in [0.2, 0.25) is 0 Å². The Morgan fingerprint density at radius 2 is 2.12 bits per heavy atom. The van der Waals surface area contributed by atoms with Crippen LogP contribution in [0.15, 0.2) is 35.7 Å². The van der Waals surface area contributed by atoms with Gasteiger partial charge in [0.1, 0.15) is 6.33 Å². The van der Waals surface area contributed by atoms with Crippen molar-refractivity contribution >= 4 is 49.9 Å². The van der Waals surface area contributed by atoms with E-state index in [0.29, 0.717) is 5.69 Å². The van der Waals surface area contributed by atoms with E-state index >= 15 is 0 Å². The monoisotopic (exact) mass is 442 g/mol. The van der Waals surface area contributed by atoms with E-state index in [-0.39, 0.29) is 10.3 Å². The van der Waals surface area contributed by atoms with Gasteiger partial charge in [-0.1, -0.05) is 0 Å². The Morgan fingerprint density at radius 1 is 1.46 bits per heavy atom. The zero-order valence-electron chi connectivity index (χ0n) is 12.0. The fourth-order valence-electron chi connectivity index (χ4n) is 1.32. The molecular weight excluding hydrogens is 431 g/mol. The second kappa shape index (κ2) is 8.42. The third-order valence-corrected chi connectivity index (χ3v) is 5.68. The molecule has 0 spiro atoms. The molecule has 4 N–H and O–H groups in total. The number of aromatic nitrogens is 3. The topological polar surface area (TPSA) is 172 Å². The van der Waals surface area contributed by atoms with Crippen molar-refractivity contribution < 1.29 is 30.2 Å². The second-order valence-electron chi connectivity index (χ2n) is 4.05. The van der Waals surface area contributed by atoms with Crippen molar-refractivity contribution in [1.29, 1.82) is 0 Å². The molecule has 2 rings (SSSR count). The maximum atomic E-state index is 11.3. The molecule has 1 unspecified atom stereocenters. The van der Waals surface area contributed by atoms with Crippen molar-refractivity contribution in [2.24, 2.45) is 0 Å². The predicted octanol–water partition coefficient (Wildman–Crippen LogP) is -0.565. The third-order valence-electron chi connectivity index (χ3n) is 2.21. The number of amides is 1. The Labute approximate surface area is 143 Å². The van der Waals surface area contributed by atoms with Gasteiger partial charge in [0.2, 0.25) is 0 Å². The normalized spacial score (nSPS) is 13.3. The van der Waals surface area contributed by atoms with Gasteiger partial charge in [-0.05, 0) is 0 Å². The van der Waals surface area contributed by atoms with Crippen molar-refractivity contribution in [2.75, 3.05) is 5.32 Å². The summed E-state index contributed by atoms with van der Waals surface area (Å²) < 4.78 is 44.6. The second-order valence-corrected chi connectivity index (χ2v) is 10.1. The molecule has 0 bridgehead atoms. The van der Waals surface area contributed by atoms with Crippen LogP contribution in [-0.4, -0.2) is 53.0 Å². The van der Waals surface area contributed by atoms with Crippen molar-refractivity contribution in [3.05, 3.63) is 30.6 Å². The first-order valence-electron chi connectivity index (χ1n) is 5.91. The maximum absolute atomic E-state index is 11.3. The molecule has 0 radical (unpaired) electrons. The van der Waals surface area contributed by atoms with Crippen LogP contribution in [0, 0.1) is 0 Å². The van der Waals surface area contributed by atoms with E-state index in [1.807, 2.05) is 0 Å². The van der Waals surface area contributed by atoms with Gasteiger partial charge in [-0.3, -0.25) is 5.10 Å². The molecule has 11 nitrogen and oxygen atoms in total. The molecule has 1 aromatic carbocycles. The summed E-state index contributed by atoms with van der Waals surface area (Å²) in [6, 6.07) is 5.64. The number of halogens is 1. The molecule has 1 heterocycles. The zero-order valence-corrected chi connectivity index (χ0v) is 15.4. The van der Waals surface area contributed by atoms with E-state index in [2.05, 4.69) is 24.4 Å². The number of nitrogens with zero attached hydrogens (tertiary/aromatic N) is 2. The van der Waals surface area contributed by atoms with Gasteiger partial charge in [-0.2, -0.15) is 0 Å². The van der Waals surface area contributed by atoms with Gasteiger partial charge in [0, 0.05) is 10.7 Å². The largest absolute Gasteiger partial charge is 0.298 e. The molecular formula is C10H12AsClN4O7S. The number of hydrogen-bond donors (Lipinski definition) is 4. The summed E-state index contributed by atoms with van der Waals surface area (Å²) in [5.74, 6) is -0.294. The Balaban J connectivity index is 0.000000272. The van der Waals surface area contributed by atoms with Crippen LogP contribution in [0.25, 0.3) is 0 Å². The van der Waals surface area contributed by atoms with Crippen molar-refractivity contribution in [2.45, 2.75) is 12.1 Å². The van der Waals surface area contributed by atoms with Crippen molar-refractivity contribution in [3.8, 4) is 0 Å². The van der Waals surface area contributed by atoms with E-state index in [4.69, 9.17) is 15.9 Å². The number of carbonyl (C=O) groups excluding carboxylic acids is 1. The molecule has 0 aliphatic rings. The summed E-state index contributed by atoms with van der Waals surface area (Å²) in [6.45, 7) is 1.32. The first-order valence-corrected chi connectivity index (χ1v) is 11.5. The Morgan fingerprint density at radius 3 is 2.54 bits per heavy atom. The summed E-state index contributed by atoms with van der Waals surface area (Å²) in [5, 5.41) is 15.7. The minimum absolute atomic E-state index is 0.0399. The minimum Gasteiger partial charge on any atom is -0.265 e. The number of anilines is 1. The molecule has 1 aromatic heterocycles. The molecule has 1 atom stereocenters. The van der Waals surface area contributed by atoms with Gasteiger partial charge in [-0.25, -0.2) is 13.4 Å². The van der Waals surface area contributed by atoms with Crippen molar-refractivity contribution in [3.63, 3.8) is 0 Å². The number of benzene rings is 1. The van der Waals surface area contributed by atoms with Crippen LogP contribution in [0.5, 0.6) is 0 Å². The van der Waals surface area contributed by atoms with E-state index in [1.165, 1.54) is 25.1 Å². The molecule has 0 fully saturated rings. The van der Waals surface area contributed by atoms with Gasteiger partial charge in [0.05, 0.1) is 0 Å². The summed E-state index contributed by atoms with van der Waals surface area (Å²) >= 11 is -4.83. The average Bonchev–Trinajstić information content (AvgIpc) is 3.02. The molecule has 2 aromatic rings. The Hall–Kier alpha value is -1.69. The van der Waals surface area contributed by atoms with Crippen LogP contribution in [0.3, 0.4) is 0 Å². The van der Waals surface area contributed by atoms with Crippen LogP contribution in [0.1, 0.15) is 6.92 Å². The fraction of sp³-hybridized carbons (Fsp3) is 0.100. The van der Waals surface area contributed by atoms with Crippen LogP contribution in [-0.2, 0) is 21.5 Å². The summed E-state index contributed by atoms with van der Waals surface area (Å²) in [5.41, 5.74) is 0.368. The van der Waals surface area contributed by atoms with Gasteiger partial charge in [0.15, 0.2) is 0 Å². The minimum atomic E-state index is -4.83. The number of rotatable bonds is 4. The third kappa shape index (κ3) is 6.43. The number of nitrogens with one attached hydrogen (secondary N) is 2. The first kappa shape index (κ1) is 20.4. The molecule has 0 saturated heterocycles. The number of H-pyrrole nitrogens is 1. The molecule has 24 heavy (non-hydrogen) atoms.